The van der Waals surface area contributed by atoms with Crippen molar-refractivity contribution >= 4 is 11.8 Å². The summed E-state index contributed by atoms with van der Waals surface area (Å²) in [5.74, 6) is 1.49. The summed E-state index contributed by atoms with van der Waals surface area (Å²) < 4.78 is 0. The number of nitrogens with zero attached hydrogens (tertiary/aromatic N) is 4. The van der Waals surface area contributed by atoms with Crippen molar-refractivity contribution in [2.24, 2.45) is 0 Å². The van der Waals surface area contributed by atoms with Gasteiger partial charge in [-0.15, -0.1) is 5.10 Å². The van der Waals surface area contributed by atoms with Crippen LogP contribution >= 0.6 is 0 Å². The molecule has 0 radical (unpaired) electrons. The molecule has 0 saturated heterocycles. The second-order valence-electron chi connectivity index (χ2n) is 4.37. The lowest BCUT2D eigenvalue weighted by molar-refractivity contribution is 0.734. The molecule has 5 nitrogen and oxygen atoms in total. The van der Waals surface area contributed by atoms with E-state index in [-0.39, 0.29) is 0 Å². The molecule has 0 saturated carbocycles. The zero-order valence-corrected chi connectivity index (χ0v) is 11.3. The van der Waals surface area contributed by atoms with E-state index >= 15 is 0 Å². The van der Waals surface area contributed by atoms with Crippen molar-refractivity contribution < 1.29 is 0 Å². The van der Waals surface area contributed by atoms with E-state index in [1.165, 1.54) is 6.42 Å². The summed E-state index contributed by atoms with van der Waals surface area (Å²) in [6.45, 7) is 7.42. The predicted molar refractivity (Wildman–Crippen MR) is 71.4 cm³/mol. The molecule has 0 bridgehead atoms. The molecule has 1 atom stereocenters. The number of hydrogen-bond acceptors (Lipinski definition) is 5. The third-order valence-corrected chi connectivity index (χ3v) is 2.77. The SMILES string of the molecule is CCCCN(C)c1cnnc(NC(C)CC)n1. The Morgan fingerprint density at radius 2 is 2.18 bits per heavy atom. The van der Waals surface area contributed by atoms with Crippen molar-refractivity contribution in [1.82, 2.24) is 15.2 Å². The van der Waals surface area contributed by atoms with Gasteiger partial charge < -0.3 is 10.2 Å². The van der Waals surface area contributed by atoms with Crippen LogP contribution in [0.2, 0.25) is 0 Å². The van der Waals surface area contributed by atoms with Crippen LogP contribution in [0.4, 0.5) is 11.8 Å². The van der Waals surface area contributed by atoms with Crippen LogP contribution in [-0.2, 0) is 0 Å². The number of aromatic nitrogens is 3. The van der Waals surface area contributed by atoms with E-state index in [0.29, 0.717) is 12.0 Å². The van der Waals surface area contributed by atoms with Crippen molar-refractivity contribution in [2.75, 3.05) is 23.8 Å². The van der Waals surface area contributed by atoms with Crippen LogP contribution in [0.1, 0.15) is 40.0 Å². The smallest absolute Gasteiger partial charge is 0.244 e. The Morgan fingerprint density at radius 3 is 2.82 bits per heavy atom. The predicted octanol–water partition coefficient (Wildman–Crippen LogP) is 2.32. The highest BCUT2D eigenvalue weighted by Crippen LogP contribution is 2.10. The Labute approximate surface area is 104 Å². The lowest BCUT2D eigenvalue weighted by atomic mass is 10.3. The van der Waals surface area contributed by atoms with E-state index in [4.69, 9.17) is 0 Å². The van der Waals surface area contributed by atoms with E-state index in [2.05, 4.69) is 46.2 Å². The Morgan fingerprint density at radius 1 is 1.41 bits per heavy atom. The largest absolute Gasteiger partial charge is 0.358 e. The summed E-state index contributed by atoms with van der Waals surface area (Å²) in [5, 5.41) is 11.2. The van der Waals surface area contributed by atoms with Gasteiger partial charge in [-0.1, -0.05) is 20.3 Å². The molecule has 0 fully saturated rings. The molecule has 1 N–H and O–H groups in total. The maximum absolute atomic E-state index is 4.45. The van der Waals surface area contributed by atoms with Crippen LogP contribution in [0.3, 0.4) is 0 Å². The Hall–Kier alpha value is -1.39. The molecular weight excluding hydrogens is 214 g/mol. The number of unbranched alkanes of at least 4 members (excludes halogenated alkanes) is 1. The molecule has 1 rings (SSSR count). The maximum atomic E-state index is 4.45. The molecule has 17 heavy (non-hydrogen) atoms. The van der Waals surface area contributed by atoms with Crippen LogP contribution < -0.4 is 10.2 Å². The van der Waals surface area contributed by atoms with Gasteiger partial charge >= 0.3 is 0 Å². The molecule has 0 aliphatic heterocycles. The molecule has 1 aromatic rings. The monoisotopic (exact) mass is 237 g/mol. The van der Waals surface area contributed by atoms with E-state index < -0.39 is 0 Å². The first-order chi connectivity index (χ1) is 8.17. The third kappa shape index (κ3) is 4.54. The van der Waals surface area contributed by atoms with E-state index in [1.807, 2.05) is 7.05 Å². The zero-order valence-electron chi connectivity index (χ0n) is 11.3. The van der Waals surface area contributed by atoms with Crippen LogP contribution in [0.5, 0.6) is 0 Å². The first-order valence-corrected chi connectivity index (χ1v) is 6.34. The van der Waals surface area contributed by atoms with Crippen molar-refractivity contribution in [1.29, 1.82) is 0 Å². The van der Waals surface area contributed by atoms with Gasteiger partial charge in [-0.3, -0.25) is 0 Å². The zero-order chi connectivity index (χ0) is 12.7. The van der Waals surface area contributed by atoms with Crippen LogP contribution in [-0.4, -0.2) is 34.8 Å². The normalized spacial score (nSPS) is 12.2. The van der Waals surface area contributed by atoms with Gasteiger partial charge in [0.15, 0.2) is 5.82 Å². The molecule has 5 heteroatoms. The minimum absolute atomic E-state index is 0.369. The van der Waals surface area contributed by atoms with Crippen molar-refractivity contribution in [2.45, 2.75) is 46.1 Å². The summed E-state index contributed by atoms with van der Waals surface area (Å²) in [5.41, 5.74) is 0. The van der Waals surface area contributed by atoms with Crippen molar-refractivity contribution in [3.8, 4) is 0 Å². The molecule has 0 amide bonds. The molecule has 1 heterocycles. The highest BCUT2D eigenvalue weighted by Gasteiger charge is 2.06. The molecule has 0 aliphatic rings. The number of rotatable bonds is 7. The summed E-state index contributed by atoms with van der Waals surface area (Å²) in [6.07, 6.45) is 5.09. The second kappa shape index (κ2) is 7.04. The lowest BCUT2D eigenvalue weighted by Gasteiger charge is -2.18. The Balaban J connectivity index is 2.64. The number of hydrogen-bond donors (Lipinski definition) is 1. The molecule has 0 aromatic carbocycles. The van der Waals surface area contributed by atoms with Gasteiger partial charge in [-0.2, -0.15) is 10.1 Å². The van der Waals surface area contributed by atoms with Gasteiger partial charge in [0.05, 0.1) is 6.20 Å². The van der Waals surface area contributed by atoms with Gasteiger partial charge in [0.25, 0.3) is 0 Å². The second-order valence-corrected chi connectivity index (χ2v) is 4.37. The summed E-state index contributed by atoms with van der Waals surface area (Å²) in [4.78, 5) is 6.57. The fourth-order valence-corrected chi connectivity index (χ4v) is 1.37. The molecule has 1 aromatic heterocycles. The van der Waals surface area contributed by atoms with Crippen LogP contribution in [0, 0.1) is 0 Å². The maximum Gasteiger partial charge on any atom is 0.244 e. The molecule has 0 aliphatic carbocycles. The highest BCUT2D eigenvalue weighted by molar-refractivity contribution is 5.39. The highest BCUT2D eigenvalue weighted by atomic mass is 15.3. The minimum Gasteiger partial charge on any atom is -0.358 e. The van der Waals surface area contributed by atoms with E-state index in [9.17, 15) is 0 Å². The van der Waals surface area contributed by atoms with Gasteiger partial charge in [-0.05, 0) is 19.8 Å². The average Bonchev–Trinajstić information content (AvgIpc) is 2.36. The summed E-state index contributed by atoms with van der Waals surface area (Å²) in [6, 6.07) is 0.369. The average molecular weight is 237 g/mol. The fraction of sp³-hybridized carbons (Fsp3) is 0.750. The standard InChI is InChI=1S/C12H23N5/c1-5-7-8-17(4)11-9-13-16-12(15-11)14-10(3)6-2/h9-10H,5-8H2,1-4H3,(H,14,15,16). The quantitative estimate of drug-likeness (QED) is 0.788. The summed E-state index contributed by atoms with van der Waals surface area (Å²) in [7, 11) is 2.03. The molecule has 1 unspecified atom stereocenters. The van der Waals surface area contributed by atoms with Gasteiger partial charge in [-0.25, -0.2) is 0 Å². The molecular formula is C12H23N5. The topological polar surface area (TPSA) is 53.9 Å². The Bertz CT molecular complexity index is 328. The summed E-state index contributed by atoms with van der Waals surface area (Å²) >= 11 is 0. The third-order valence-electron chi connectivity index (χ3n) is 2.77. The first-order valence-electron chi connectivity index (χ1n) is 6.34. The van der Waals surface area contributed by atoms with Crippen LogP contribution in [0.15, 0.2) is 6.20 Å². The molecule has 96 valence electrons. The van der Waals surface area contributed by atoms with Gasteiger partial charge in [0.1, 0.15) is 0 Å². The van der Waals surface area contributed by atoms with E-state index in [0.717, 1.165) is 25.2 Å². The first kappa shape index (κ1) is 13.7. The minimum atomic E-state index is 0.369. The number of nitrogens with one attached hydrogen (secondary N) is 1. The van der Waals surface area contributed by atoms with Crippen molar-refractivity contribution in [3.63, 3.8) is 0 Å². The lowest BCUT2D eigenvalue weighted by Crippen LogP contribution is -2.22. The molecule has 0 spiro atoms. The van der Waals surface area contributed by atoms with Gasteiger partial charge in [0.2, 0.25) is 5.95 Å². The van der Waals surface area contributed by atoms with Crippen molar-refractivity contribution in [3.05, 3.63) is 6.20 Å². The van der Waals surface area contributed by atoms with Gasteiger partial charge in [0, 0.05) is 19.6 Å². The number of anilines is 2. The van der Waals surface area contributed by atoms with E-state index in [1.54, 1.807) is 6.20 Å². The fourth-order valence-electron chi connectivity index (χ4n) is 1.37. The Kier molecular flexibility index (Phi) is 5.66. The van der Waals surface area contributed by atoms with Crippen LogP contribution in [0.25, 0.3) is 0 Å².